The van der Waals surface area contributed by atoms with Crippen LogP contribution in [0, 0.1) is 6.92 Å². The Morgan fingerprint density at radius 2 is 2.10 bits per heavy atom. The summed E-state index contributed by atoms with van der Waals surface area (Å²) in [5.74, 6) is 0.266. The third kappa shape index (κ3) is 4.13. The zero-order valence-corrected chi connectivity index (χ0v) is 18.5. The lowest BCUT2D eigenvalue weighted by molar-refractivity contribution is -0.121. The van der Waals surface area contributed by atoms with Gasteiger partial charge in [0.05, 0.1) is 23.7 Å². The first-order chi connectivity index (χ1) is 14.5. The number of rotatable bonds is 5. The van der Waals surface area contributed by atoms with E-state index in [4.69, 9.17) is 21.9 Å². The van der Waals surface area contributed by atoms with Gasteiger partial charge in [-0.25, -0.2) is 4.98 Å². The molecule has 2 aliphatic heterocycles. The van der Waals surface area contributed by atoms with Crippen LogP contribution in [0.5, 0.6) is 0 Å². The Morgan fingerprint density at radius 1 is 1.33 bits per heavy atom. The fourth-order valence-corrected chi connectivity index (χ4v) is 4.57. The molecule has 8 nitrogen and oxygen atoms in total. The number of morpholine rings is 1. The van der Waals surface area contributed by atoms with E-state index in [2.05, 4.69) is 10.2 Å². The summed E-state index contributed by atoms with van der Waals surface area (Å²) in [6.07, 6.45) is 3.29. The van der Waals surface area contributed by atoms with E-state index in [1.165, 1.54) is 21.1 Å². The van der Waals surface area contributed by atoms with Gasteiger partial charge < -0.3 is 10.1 Å². The molecule has 158 valence electrons. The number of aryl methyl sites for hydroxylation is 1. The van der Waals surface area contributed by atoms with Gasteiger partial charge in [-0.05, 0) is 24.6 Å². The molecule has 10 heteroatoms. The minimum atomic E-state index is -0.223. The highest BCUT2D eigenvalue weighted by Crippen LogP contribution is 2.31. The van der Waals surface area contributed by atoms with Crippen LogP contribution in [-0.2, 0) is 9.53 Å². The van der Waals surface area contributed by atoms with Crippen LogP contribution in [-0.4, -0.2) is 75.9 Å². The largest absolute Gasteiger partial charge is 0.379 e. The van der Waals surface area contributed by atoms with Crippen LogP contribution in [0.25, 0.3) is 11.7 Å². The fraction of sp³-hybridized carbons (Fsp3) is 0.400. The Hall–Kier alpha value is -2.27. The normalized spacial score (nSPS) is 19.3. The second kappa shape index (κ2) is 8.84. The molecule has 30 heavy (non-hydrogen) atoms. The molecule has 0 spiro atoms. The van der Waals surface area contributed by atoms with Gasteiger partial charge >= 0.3 is 0 Å². The lowest BCUT2D eigenvalue weighted by Crippen LogP contribution is -2.39. The van der Waals surface area contributed by atoms with E-state index in [-0.39, 0.29) is 11.5 Å². The zero-order chi connectivity index (χ0) is 21.3. The van der Waals surface area contributed by atoms with E-state index in [9.17, 15) is 9.59 Å². The Labute approximate surface area is 183 Å². The van der Waals surface area contributed by atoms with Crippen molar-refractivity contribution < 1.29 is 9.53 Å². The summed E-state index contributed by atoms with van der Waals surface area (Å²) in [5, 5.41) is 3.31. The first kappa shape index (κ1) is 21.0. The molecule has 0 radical (unpaired) electrons. The molecule has 0 aliphatic carbocycles. The summed E-state index contributed by atoms with van der Waals surface area (Å²) in [5.41, 5.74) is 1.63. The van der Waals surface area contributed by atoms with E-state index < -0.39 is 0 Å². The molecule has 2 aliphatic rings. The number of pyridine rings is 1. The molecule has 0 unspecified atom stereocenters. The van der Waals surface area contributed by atoms with Gasteiger partial charge in [0.25, 0.3) is 11.5 Å². The summed E-state index contributed by atoms with van der Waals surface area (Å²) in [6, 6.07) is 3.73. The standard InChI is InChI=1S/C20H23N5O3S2/c1-13-4-3-6-25-17(13)22-16(21-5-7-24-8-10-28-11-9-24)14(18(25)26)12-15-19(27)23(2)20(29)30-15/h3-4,6,12,21H,5,7-11H2,1-2H3/b15-12-. The van der Waals surface area contributed by atoms with Crippen LogP contribution in [0.1, 0.15) is 11.1 Å². The van der Waals surface area contributed by atoms with Crippen molar-refractivity contribution in [2.45, 2.75) is 6.92 Å². The fourth-order valence-electron chi connectivity index (χ4n) is 3.41. The highest BCUT2D eigenvalue weighted by Gasteiger charge is 2.29. The Kier molecular flexibility index (Phi) is 6.19. The average Bonchev–Trinajstić information content (AvgIpc) is 2.99. The van der Waals surface area contributed by atoms with Gasteiger partial charge in [-0.15, -0.1) is 0 Å². The molecule has 0 bridgehead atoms. The quantitative estimate of drug-likeness (QED) is 0.549. The third-order valence-electron chi connectivity index (χ3n) is 5.17. The minimum Gasteiger partial charge on any atom is -0.379 e. The number of thioether (sulfide) groups is 1. The number of likely N-dealkylation sites (N-methyl/N-ethyl adjacent to an activating group) is 1. The summed E-state index contributed by atoms with van der Waals surface area (Å²) >= 11 is 6.40. The molecule has 1 N–H and O–H groups in total. The van der Waals surface area contributed by atoms with Gasteiger partial charge in [0.2, 0.25) is 0 Å². The van der Waals surface area contributed by atoms with E-state index in [1.54, 1.807) is 19.3 Å². The van der Waals surface area contributed by atoms with Gasteiger partial charge in [0.1, 0.15) is 15.8 Å². The minimum absolute atomic E-state index is 0.210. The number of fused-ring (bicyclic) bond motifs is 1. The number of anilines is 1. The second-order valence-corrected chi connectivity index (χ2v) is 8.86. The van der Waals surface area contributed by atoms with E-state index in [1.807, 2.05) is 19.1 Å². The molecule has 0 aromatic carbocycles. The van der Waals surface area contributed by atoms with Gasteiger partial charge in [0.15, 0.2) is 0 Å². The number of hydrogen-bond donors (Lipinski definition) is 1. The highest BCUT2D eigenvalue weighted by atomic mass is 32.2. The Morgan fingerprint density at radius 3 is 2.80 bits per heavy atom. The molecular formula is C20H23N5O3S2. The maximum absolute atomic E-state index is 13.3. The average molecular weight is 446 g/mol. The van der Waals surface area contributed by atoms with E-state index in [0.717, 1.165) is 38.4 Å². The smallest absolute Gasteiger partial charge is 0.267 e. The lowest BCUT2D eigenvalue weighted by atomic mass is 10.2. The van der Waals surface area contributed by atoms with Crippen molar-refractivity contribution in [3.05, 3.63) is 44.7 Å². The number of carbonyl (C=O) groups excluding carboxylic acids is 1. The summed E-state index contributed by atoms with van der Waals surface area (Å²) in [7, 11) is 1.63. The third-order valence-corrected chi connectivity index (χ3v) is 6.66. The Bertz CT molecular complexity index is 1090. The molecule has 4 rings (SSSR count). The molecule has 0 atom stereocenters. The lowest BCUT2D eigenvalue weighted by Gasteiger charge is -2.26. The van der Waals surface area contributed by atoms with Crippen molar-refractivity contribution in [1.29, 1.82) is 0 Å². The molecule has 1 amide bonds. The van der Waals surface area contributed by atoms with Crippen LogP contribution >= 0.6 is 24.0 Å². The predicted molar refractivity (Wildman–Crippen MR) is 123 cm³/mol. The number of hydrogen-bond acceptors (Lipinski definition) is 8. The molecular weight excluding hydrogens is 422 g/mol. The van der Waals surface area contributed by atoms with E-state index in [0.29, 0.717) is 32.8 Å². The topological polar surface area (TPSA) is 79.2 Å². The van der Waals surface area contributed by atoms with E-state index >= 15 is 0 Å². The van der Waals surface area contributed by atoms with Crippen molar-refractivity contribution in [3.8, 4) is 0 Å². The van der Waals surface area contributed by atoms with Gasteiger partial charge in [-0.2, -0.15) is 0 Å². The molecule has 0 saturated carbocycles. The number of nitrogens with zero attached hydrogens (tertiary/aromatic N) is 4. The number of ether oxygens (including phenoxy) is 1. The highest BCUT2D eigenvalue weighted by molar-refractivity contribution is 8.26. The zero-order valence-electron chi connectivity index (χ0n) is 16.9. The number of nitrogens with one attached hydrogen (secondary N) is 1. The maximum Gasteiger partial charge on any atom is 0.267 e. The molecule has 2 aromatic rings. The first-order valence-corrected chi connectivity index (χ1v) is 11.0. The molecule has 2 saturated heterocycles. The van der Waals surface area contributed by atoms with Gasteiger partial charge in [-0.1, -0.05) is 30.0 Å². The summed E-state index contributed by atoms with van der Waals surface area (Å²) < 4.78 is 7.37. The van der Waals surface area contributed by atoms with Crippen molar-refractivity contribution >= 4 is 51.7 Å². The predicted octanol–water partition coefficient (Wildman–Crippen LogP) is 1.58. The van der Waals surface area contributed by atoms with Crippen molar-refractivity contribution in [3.63, 3.8) is 0 Å². The number of amides is 1. The van der Waals surface area contributed by atoms with Crippen LogP contribution in [0.3, 0.4) is 0 Å². The van der Waals surface area contributed by atoms with Crippen LogP contribution in [0.2, 0.25) is 0 Å². The summed E-state index contributed by atoms with van der Waals surface area (Å²) in [6.45, 7) is 6.61. The van der Waals surface area contributed by atoms with Gasteiger partial charge in [0, 0.05) is 39.4 Å². The molecule has 2 aromatic heterocycles. The maximum atomic E-state index is 13.3. The van der Waals surface area contributed by atoms with Crippen molar-refractivity contribution in [2.24, 2.45) is 0 Å². The van der Waals surface area contributed by atoms with Crippen molar-refractivity contribution in [2.75, 3.05) is 51.8 Å². The number of carbonyl (C=O) groups is 1. The monoisotopic (exact) mass is 445 g/mol. The number of aromatic nitrogens is 2. The van der Waals surface area contributed by atoms with Crippen molar-refractivity contribution in [1.82, 2.24) is 19.2 Å². The van der Waals surface area contributed by atoms with Crippen LogP contribution < -0.4 is 10.9 Å². The first-order valence-electron chi connectivity index (χ1n) is 9.73. The van der Waals surface area contributed by atoms with Crippen LogP contribution in [0.4, 0.5) is 5.82 Å². The second-order valence-electron chi connectivity index (χ2n) is 7.19. The van der Waals surface area contributed by atoms with Gasteiger partial charge in [-0.3, -0.25) is 23.8 Å². The number of thiocarbonyl (C=S) groups is 1. The molecule has 4 heterocycles. The molecule has 2 fully saturated rings. The van der Waals surface area contributed by atoms with Crippen LogP contribution in [0.15, 0.2) is 28.0 Å². The SMILES string of the molecule is Cc1cccn2c(=O)c(/C=C3\SC(=S)N(C)C3=O)c(NCCN3CCOCC3)nc12. The Balaban J connectivity index is 1.70. The summed E-state index contributed by atoms with van der Waals surface area (Å²) in [4.78, 5) is 34.6.